The minimum Gasteiger partial charge on any atom is -0.478 e. The number of allylic oxidation sites excluding steroid dienone is 1. The van der Waals surface area contributed by atoms with Gasteiger partial charge >= 0.3 is 119 Å². The Morgan fingerprint density at radius 2 is 0.385 bits per heavy atom. The quantitative estimate of drug-likeness (QED) is 0.110. The van der Waals surface area contributed by atoms with E-state index in [1.54, 1.807) is 0 Å². The van der Waals surface area contributed by atoms with Gasteiger partial charge in [-0.2, -0.15) is 176 Å². The number of carbonyl (C=O) groups is 1. The molecule has 388 valence electrons. The van der Waals surface area contributed by atoms with Crippen molar-refractivity contribution in [3.05, 3.63) is 11.4 Å². The van der Waals surface area contributed by atoms with Crippen molar-refractivity contribution < 1.29 is 190 Å². The van der Waals surface area contributed by atoms with E-state index in [1.165, 1.54) is 0 Å². The monoisotopic (exact) mass is 1080 g/mol. The molecule has 0 spiro atoms. The van der Waals surface area contributed by atoms with E-state index in [0.717, 1.165) is 0 Å². The van der Waals surface area contributed by atoms with Crippen LogP contribution in [0.5, 0.6) is 0 Å². The van der Waals surface area contributed by atoms with Gasteiger partial charge in [0, 0.05) is 0 Å². The van der Waals surface area contributed by atoms with Crippen LogP contribution in [0.15, 0.2) is 11.4 Å². The maximum absolute atomic E-state index is 14.0. The number of alkyl halides is 40. The lowest BCUT2D eigenvalue weighted by molar-refractivity contribution is -0.493. The predicted molar refractivity (Wildman–Crippen MR) is 112 cm³/mol. The number of aliphatic carboxylic acids is 1. The SMILES string of the molecule is O=C(O)C(=C(F)C(F)(F)C(F)(F)C(F)(F)C(F)(F)C(F)(F)C(F)(F)C(F)(F)C(F)(F)C(F)(F)C(F)(F)C(F)(F)C(F)(F)C(F)(F)C(F)(F)C(F)(F)C(F)(F)C(F)(F)C(F)(F)F)C(F)(F)F. The summed E-state index contributed by atoms with van der Waals surface area (Å²) in [7, 11) is 0. The van der Waals surface area contributed by atoms with E-state index in [-0.39, 0.29) is 0 Å². The van der Waals surface area contributed by atoms with Gasteiger partial charge in [-0.3, -0.25) is 0 Å². The maximum atomic E-state index is 14.0. The summed E-state index contributed by atoms with van der Waals surface area (Å²) >= 11 is 0. The minimum atomic E-state index is -10.6. The van der Waals surface area contributed by atoms with E-state index in [9.17, 15) is 185 Å². The summed E-state index contributed by atoms with van der Waals surface area (Å²) < 4.78 is 555. The summed E-state index contributed by atoms with van der Waals surface area (Å²) in [5.41, 5.74) is -4.99. The Morgan fingerprint density at radius 1 is 0.246 bits per heavy atom. The largest absolute Gasteiger partial charge is 0.478 e. The molecule has 0 bridgehead atoms. The molecule has 0 heterocycles. The lowest BCUT2D eigenvalue weighted by Crippen LogP contribution is -2.80. The number of rotatable bonds is 18. The van der Waals surface area contributed by atoms with E-state index in [2.05, 4.69) is 0 Å². The topological polar surface area (TPSA) is 37.3 Å². The maximum Gasteiger partial charge on any atom is 0.460 e. The fraction of sp³-hybridized carbons (Fsp3) is 0.864. The Labute approximate surface area is 321 Å². The molecule has 0 saturated heterocycles. The summed E-state index contributed by atoms with van der Waals surface area (Å²) in [4.78, 5) is 10.3. The second kappa shape index (κ2) is 14.9. The van der Waals surface area contributed by atoms with Gasteiger partial charge in [0.05, 0.1) is 0 Å². The number of halogens is 41. The van der Waals surface area contributed by atoms with Gasteiger partial charge in [0.1, 0.15) is 0 Å². The second-order valence-electron chi connectivity index (χ2n) is 11.8. The number of carboxylic acid groups (broad SMARTS) is 1. The van der Waals surface area contributed by atoms with E-state index in [1.807, 2.05) is 0 Å². The summed E-state index contributed by atoms with van der Waals surface area (Å²) in [5, 5.41) is 7.98. The Balaban J connectivity index is 8.06. The Kier molecular flexibility index (Phi) is 14.1. The van der Waals surface area contributed by atoms with Gasteiger partial charge in [-0.1, -0.05) is 0 Å². The van der Waals surface area contributed by atoms with Crippen molar-refractivity contribution in [2.24, 2.45) is 0 Å². The summed E-state index contributed by atoms with van der Waals surface area (Å²) in [6, 6.07) is 0. The standard InChI is InChI=1S/C22HF41O2/c23-2(1(3(64)65)5(26,27)28)4(24,25)6(29,30)7(31,32)8(33,34)9(35,36)10(37,38)11(39,40)12(41,42)13(43,44)14(45,46)15(47,48)16(49,50)17(51,52)18(53,54)19(55,56)20(57,58)21(59,60)22(61,62)63/h(H,64,65). The summed E-state index contributed by atoms with van der Waals surface area (Å²) in [6.07, 6.45) is -16.0. The Bertz CT molecular complexity index is 1820. The molecule has 1 N–H and O–H groups in total. The molecule has 65 heavy (non-hydrogen) atoms. The van der Waals surface area contributed by atoms with Gasteiger partial charge in [0.2, 0.25) is 0 Å². The van der Waals surface area contributed by atoms with Gasteiger partial charge < -0.3 is 5.11 Å². The molecular weight excluding hydrogens is 1080 g/mol. The van der Waals surface area contributed by atoms with E-state index in [4.69, 9.17) is 5.11 Å². The molecule has 0 aromatic heterocycles. The van der Waals surface area contributed by atoms with E-state index in [0.29, 0.717) is 0 Å². The molecule has 0 aliphatic carbocycles. The highest BCUT2D eigenvalue weighted by atomic mass is 19.4. The fourth-order valence-corrected chi connectivity index (χ4v) is 3.77. The zero-order chi connectivity index (χ0) is 54.2. The molecule has 0 unspecified atom stereocenters. The first kappa shape index (κ1) is 61.3. The highest BCUT2D eigenvalue weighted by Crippen LogP contribution is 2.71. The van der Waals surface area contributed by atoms with Gasteiger partial charge in [-0.05, 0) is 0 Å². The normalized spacial score (nSPS) is 17.4. The van der Waals surface area contributed by atoms with Crippen molar-refractivity contribution in [1.82, 2.24) is 0 Å². The molecule has 0 radical (unpaired) electrons. The number of hydrogen-bond donors (Lipinski definition) is 1. The molecule has 0 aromatic carbocycles. The average molecular weight is 1080 g/mol. The Hall–Kier alpha value is -3.66. The lowest BCUT2D eigenvalue weighted by Gasteiger charge is -2.47. The molecule has 0 aromatic rings. The fourth-order valence-electron chi connectivity index (χ4n) is 3.77. The first-order valence-corrected chi connectivity index (χ1v) is 13.4. The minimum absolute atomic E-state index is 4.44. The first-order chi connectivity index (χ1) is 27.2. The lowest BCUT2D eigenvalue weighted by atomic mass is 9.82. The van der Waals surface area contributed by atoms with Crippen LogP contribution < -0.4 is 0 Å². The molecule has 0 amide bonds. The molecule has 0 atom stereocenters. The van der Waals surface area contributed by atoms with Crippen LogP contribution >= 0.6 is 0 Å². The van der Waals surface area contributed by atoms with Gasteiger partial charge in [-0.15, -0.1) is 0 Å². The van der Waals surface area contributed by atoms with Gasteiger partial charge in [0.25, 0.3) is 0 Å². The molecule has 0 rings (SSSR count). The third-order valence-corrected chi connectivity index (χ3v) is 7.66. The zero-order valence-electron chi connectivity index (χ0n) is 27.4. The summed E-state index contributed by atoms with van der Waals surface area (Å²) in [6.45, 7) is 0. The molecule has 0 saturated carbocycles. The molecule has 0 fully saturated rings. The van der Waals surface area contributed by atoms with Crippen LogP contribution in [0.2, 0.25) is 0 Å². The predicted octanol–water partition coefficient (Wildman–Crippen LogP) is 13.2. The smallest absolute Gasteiger partial charge is 0.460 e. The molecule has 0 aliphatic rings. The molecule has 43 heteroatoms. The number of carboxylic acids is 1. The van der Waals surface area contributed by atoms with Crippen LogP contribution in [0, 0.1) is 0 Å². The third kappa shape index (κ3) is 7.16. The summed E-state index contributed by atoms with van der Waals surface area (Å²) in [5.74, 6) is -183. The second-order valence-corrected chi connectivity index (χ2v) is 11.8. The zero-order valence-corrected chi connectivity index (χ0v) is 27.4. The van der Waals surface area contributed by atoms with Crippen molar-refractivity contribution in [3.8, 4) is 0 Å². The van der Waals surface area contributed by atoms with Crippen LogP contribution in [0.3, 0.4) is 0 Å². The Morgan fingerprint density at radius 3 is 0.508 bits per heavy atom. The van der Waals surface area contributed by atoms with Crippen LogP contribution in [0.4, 0.5) is 180 Å². The highest BCUT2D eigenvalue weighted by Gasteiger charge is 3.02. The average Bonchev–Trinajstić information content (AvgIpc) is 3.05. The molecule has 2 nitrogen and oxygen atoms in total. The molecule has 0 aliphatic heterocycles. The van der Waals surface area contributed by atoms with Crippen LogP contribution in [-0.4, -0.2) is 124 Å². The van der Waals surface area contributed by atoms with Crippen molar-refractivity contribution in [2.45, 2.75) is 113 Å². The van der Waals surface area contributed by atoms with Crippen molar-refractivity contribution in [3.63, 3.8) is 0 Å². The van der Waals surface area contributed by atoms with Crippen LogP contribution in [-0.2, 0) is 4.79 Å². The van der Waals surface area contributed by atoms with Crippen molar-refractivity contribution in [2.75, 3.05) is 0 Å². The van der Waals surface area contributed by atoms with Crippen LogP contribution in [0.25, 0.3) is 0 Å². The van der Waals surface area contributed by atoms with Gasteiger partial charge in [0.15, 0.2) is 11.4 Å². The van der Waals surface area contributed by atoms with E-state index >= 15 is 0 Å². The van der Waals surface area contributed by atoms with Crippen molar-refractivity contribution >= 4 is 5.97 Å². The first-order valence-electron chi connectivity index (χ1n) is 13.4. The highest BCUT2D eigenvalue weighted by molar-refractivity contribution is 5.89. The molecular formula is C22HF41O2. The van der Waals surface area contributed by atoms with Crippen LogP contribution in [0.1, 0.15) is 0 Å². The van der Waals surface area contributed by atoms with Gasteiger partial charge in [-0.25, -0.2) is 9.18 Å². The third-order valence-electron chi connectivity index (χ3n) is 7.66. The van der Waals surface area contributed by atoms with E-state index < -0.39 is 130 Å². The number of hydrogen-bond acceptors (Lipinski definition) is 1. The van der Waals surface area contributed by atoms with Crippen molar-refractivity contribution in [1.29, 1.82) is 0 Å².